The van der Waals surface area contributed by atoms with E-state index in [0.717, 1.165) is 19.3 Å². The second kappa shape index (κ2) is 9.83. The van der Waals surface area contributed by atoms with E-state index in [1.807, 2.05) is 4.90 Å². The van der Waals surface area contributed by atoms with Gasteiger partial charge in [0.15, 0.2) is 0 Å². The predicted octanol–water partition coefficient (Wildman–Crippen LogP) is 3.89. The van der Waals surface area contributed by atoms with Gasteiger partial charge in [0.05, 0.1) is 12.1 Å². The Bertz CT molecular complexity index is 967. The zero-order valence-corrected chi connectivity index (χ0v) is 18.4. The number of rotatable bonds is 6. The Hall–Kier alpha value is -3.06. The van der Waals surface area contributed by atoms with Gasteiger partial charge in [-0.1, -0.05) is 11.6 Å². The Kier molecular flexibility index (Phi) is 7.17. The number of carbonyl (C=O) groups is 3. The van der Waals surface area contributed by atoms with Crippen LogP contribution in [0.15, 0.2) is 42.5 Å². The van der Waals surface area contributed by atoms with Crippen molar-refractivity contribution in [2.24, 2.45) is 5.73 Å². The molecule has 4 N–H and O–H groups in total. The number of nitrogens with two attached hydrogens (primary N) is 1. The molecule has 1 aliphatic rings. The maximum atomic E-state index is 13.3. The summed E-state index contributed by atoms with van der Waals surface area (Å²) in [4.78, 5) is 38.7. The van der Waals surface area contributed by atoms with Gasteiger partial charge in [-0.15, -0.1) is 0 Å². The van der Waals surface area contributed by atoms with Crippen molar-refractivity contribution in [3.63, 3.8) is 0 Å². The number of primary amides is 1. The molecule has 31 heavy (non-hydrogen) atoms. The Morgan fingerprint density at radius 2 is 1.71 bits per heavy atom. The summed E-state index contributed by atoms with van der Waals surface area (Å²) in [6, 6.07) is 11.6. The van der Waals surface area contributed by atoms with Gasteiger partial charge in [0.25, 0.3) is 5.91 Å². The summed E-state index contributed by atoms with van der Waals surface area (Å²) in [5.41, 5.74) is 7.13. The van der Waals surface area contributed by atoms with Gasteiger partial charge in [-0.3, -0.25) is 14.4 Å². The van der Waals surface area contributed by atoms with Crippen LogP contribution in [0.5, 0.6) is 0 Å². The highest BCUT2D eigenvalue weighted by molar-refractivity contribution is 6.31. The van der Waals surface area contributed by atoms with Crippen LogP contribution in [-0.2, 0) is 4.79 Å². The van der Waals surface area contributed by atoms with Crippen molar-refractivity contribution in [2.45, 2.75) is 45.2 Å². The molecule has 1 aliphatic heterocycles. The molecule has 3 rings (SSSR count). The average Bonchev–Trinajstić information content (AvgIpc) is 2.73. The maximum Gasteiger partial charge on any atom is 0.256 e. The number of piperidine rings is 1. The Labute approximate surface area is 186 Å². The summed E-state index contributed by atoms with van der Waals surface area (Å²) in [6.07, 6.45) is 3.04. The van der Waals surface area contributed by atoms with Crippen LogP contribution in [0.3, 0.4) is 0 Å². The van der Waals surface area contributed by atoms with Crippen molar-refractivity contribution in [3.8, 4) is 0 Å². The summed E-state index contributed by atoms with van der Waals surface area (Å²) < 4.78 is 0. The van der Waals surface area contributed by atoms with E-state index >= 15 is 0 Å². The highest BCUT2D eigenvalue weighted by Gasteiger charge is 2.31. The van der Waals surface area contributed by atoms with Crippen molar-refractivity contribution in [2.75, 3.05) is 17.2 Å². The minimum absolute atomic E-state index is 0.0371. The zero-order valence-electron chi connectivity index (χ0n) is 17.7. The van der Waals surface area contributed by atoms with Gasteiger partial charge in [-0.2, -0.15) is 0 Å². The lowest BCUT2D eigenvalue weighted by Gasteiger charge is -2.39. The topological polar surface area (TPSA) is 105 Å². The minimum atomic E-state index is -0.531. The van der Waals surface area contributed by atoms with Gasteiger partial charge >= 0.3 is 0 Å². The number of nitrogens with one attached hydrogen (secondary N) is 2. The van der Waals surface area contributed by atoms with Crippen LogP contribution < -0.4 is 16.4 Å². The number of likely N-dealkylation sites (tertiary alicyclic amines) is 1. The van der Waals surface area contributed by atoms with Crippen molar-refractivity contribution in [1.29, 1.82) is 0 Å². The minimum Gasteiger partial charge on any atom is -0.375 e. The van der Waals surface area contributed by atoms with E-state index in [-0.39, 0.29) is 30.4 Å². The van der Waals surface area contributed by atoms with Crippen LogP contribution in [0.25, 0.3) is 0 Å². The number of halogens is 1. The van der Waals surface area contributed by atoms with Crippen molar-refractivity contribution in [3.05, 3.63) is 58.6 Å². The van der Waals surface area contributed by atoms with E-state index in [9.17, 15) is 14.4 Å². The summed E-state index contributed by atoms with van der Waals surface area (Å²) in [5, 5.41) is 6.25. The first-order valence-electron chi connectivity index (χ1n) is 10.3. The maximum absolute atomic E-state index is 13.3. The van der Waals surface area contributed by atoms with Crippen molar-refractivity contribution < 1.29 is 14.4 Å². The van der Waals surface area contributed by atoms with E-state index in [1.54, 1.807) is 42.5 Å². The summed E-state index contributed by atoms with van der Waals surface area (Å²) >= 11 is 6.17. The third kappa shape index (κ3) is 5.55. The molecule has 164 valence electrons. The summed E-state index contributed by atoms with van der Waals surface area (Å²) in [7, 11) is 0. The predicted molar refractivity (Wildman–Crippen MR) is 122 cm³/mol. The molecule has 1 heterocycles. The first-order chi connectivity index (χ1) is 14.8. The molecule has 3 amide bonds. The van der Waals surface area contributed by atoms with E-state index < -0.39 is 5.91 Å². The van der Waals surface area contributed by atoms with E-state index in [1.165, 1.54) is 0 Å². The normalized spacial score (nSPS) is 18.4. The molecule has 0 unspecified atom stereocenters. The molecule has 0 saturated carbocycles. The van der Waals surface area contributed by atoms with Crippen molar-refractivity contribution in [1.82, 2.24) is 4.90 Å². The molecular formula is C23H27ClN4O3. The molecule has 0 bridgehead atoms. The second-order valence-electron chi connectivity index (χ2n) is 7.87. The van der Waals surface area contributed by atoms with Gasteiger partial charge in [-0.05, 0) is 75.6 Å². The molecule has 0 aliphatic carbocycles. The fraction of sp³-hybridized carbons (Fsp3) is 0.348. The van der Waals surface area contributed by atoms with Crippen LogP contribution in [0.2, 0.25) is 5.02 Å². The number of anilines is 2. The number of hydrogen-bond donors (Lipinski definition) is 3. The fourth-order valence-corrected chi connectivity index (χ4v) is 4.08. The van der Waals surface area contributed by atoms with E-state index in [4.69, 9.17) is 17.3 Å². The van der Waals surface area contributed by atoms with Crippen LogP contribution in [0, 0.1) is 0 Å². The van der Waals surface area contributed by atoms with Gasteiger partial charge in [-0.25, -0.2) is 0 Å². The molecule has 0 aromatic heterocycles. The van der Waals surface area contributed by atoms with Gasteiger partial charge in [0.2, 0.25) is 11.8 Å². The van der Waals surface area contributed by atoms with Gasteiger partial charge < -0.3 is 21.3 Å². The quantitative estimate of drug-likeness (QED) is 0.631. The van der Waals surface area contributed by atoms with Crippen LogP contribution >= 0.6 is 11.6 Å². The molecular weight excluding hydrogens is 416 g/mol. The number of nitrogens with zero attached hydrogens (tertiary/aromatic N) is 1. The average molecular weight is 443 g/mol. The number of amides is 3. The molecule has 0 spiro atoms. The summed E-state index contributed by atoms with van der Waals surface area (Å²) in [6.45, 7) is 4.08. The standard InChI is InChI=1S/C23H27ClN4O3/c1-14-4-3-5-15(2)28(14)23(31)19-12-17(24)8-11-20(19)26-13-21(29)27-18-9-6-16(7-10-18)22(25)30/h6-12,14-15,26H,3-5,13H2,1-2H3,(H2,25,30)(H,27,29)/t14-,15-/m1/s1. The molecule has 7 nitrogen and oxygen atoms in total. The lowest BCUT2D eigenvalue weighted by atomic mass is 9.96. The fourth-order valence-electron chi connectivity index (χ4n) is 3.91. The third-order valence-corrected chi connectivity index (χ3v) is 5.77. The number of benzene rings is 2. The monoisotopic (exact) mass is 442 g/mol. The van der Waals surface area contributed by atoms with Crippen LogP contribution in [0.4, 0.5) is 11.4 Å². The summed E-state index contributed by atoms with van der Waals surface area (Å²) in [5.74, 6) is -0.913. The highest BCUT2D eigenvalue weighted by Crippen LogP contribution is 2.28. The lowest BCUT2D eigenvalue weighted by Crippen LogP contribution is -2.47. The van der Waals surface area contributed by atoms with Crippen molar-refractivity contribution >= 4 is 40.7 Å². The molecule has 2 aromatic rings. The Morgan fingerprint density at radius 1 is 1.06 bits per heavy atom. The van der Waals surface area contributed by atoms with Crippen LogP contribution in [-0.4, -0.2) is 41.2 Å². The molecule has 1 saturated heterocycles. The Morgan fingerprint density at radius 3 is 2.32 bits per heavy atom. The first-order valence-corrected chi connectivity index (χ1v) is 10.7. The van der Waals surface area contributed by atoms with Gasteiger partial charge in [0.1, 0.15) is 0 Å². The largest absolute Gasteiger partial charge is 0.375 e. The molecule has 2 aromatic carbocycles. The van der Waals surface area contributed by atoms with Gasteiger partial charge in [0, 0.05) is 34.0 Å². The number of hydrogen-bond acceptors (Lipinski definition) is 4. The smallest absolute Gasteiger partial charge is 0.256 e. The lowest BCUT2D eigenvalue weighted by molar-refractivity contribution is -0.114. The molecule has 1 fully saturated rings. The number of carbonyl (C=O) groups excluding carboxylic acids is 3. The highest BCUT2D eigenvalue weighted by atomic mass is 35.5. The molecule has 2 atom stereocenters. The first kappa shape index (κ1) is 22.6. The SMILES string of the molecule is C[C@@H]1CCC[C@@H](C)N1C(=O)c1cc(Cl)ccc1NCC(=O)Nc1ccc(C(N)=O)cc1. The Balaban J connectivity index is 1.69. The van der Waals surface area contributed by atoms with Crippen LogP contribution in [0.1, 0.15) is 53.8 Å². The third-order valence-electron chi connectivity index (χ3n) is 5.53. The van der Waals surface area contributed by atoms with E-state index in [2.05, 4.69) is 24.5 Å². The second-order valence-corrected chi connectivity index (χ2v) is 8.31. The zero-order chi connectivity index (χ0) is 22.5. The van der Waals surface area contributed by atoms with E-state index in [0.29, 0.717) is 27.5 Å². The molecule has 8 heteroatoms. The molecule has 0 radical (unpaired) electrons.